The van der Waals surface area contributed by atoms with Crippen molar-refractivity contribution in [2.24, 2.45) is 0 Å². The monoisotopic (exact) mass is 238 g/mol. The molecule has 0 bridgehead atoms. The molecule has 1 aromatic heterocycles. The maximum Gasteiger partial charge on any atom is 0.0204 e. The van der Waals surface area contributed by atoms with Crippen LogP contribution in [0, 0.1) is 6.92 Å². The molecule has 3 heteroatoms. The summed E-state index contributed by atoms with van der Waals surface area (Å²) in [4.78, 5) is 1.52. The zero-order valence-corrected chi connectivity index (χ0v) is 11.3. The third kappa shape index (κ3) is 2.65. The Hall–Kier alpha value is -0.380. The Morgan fingerprint density at radius 1 is 1.56 bits per heavy atom. The van der Waals surface area contributed by atoms with E-state index in [1.165, 1.54) is 16.9 Å². The third-order valence-corrected chi connectivity index (χ3v) is 4.75. The second-order valence-electron chi connectivity index (χ2n) is 5.39. The van der Waals surface area contributed by atoms with Gasteiger partial charge in [-0.15, -0.1) is 11.3 Å². The average molecular weight is 238 g/mol. The molecule has 0 radical (unpaired) electrons. The Kier molecular flexibility index (Phi) is 3.67. The first-order chi connectivity index (χ1) is 7.59. The van der Waals surface area contributed by atoms with Crippen LogP contribution in [-0.4, -0.2) is 25.7 Å². The second kappa shape index (κ2) is 4.86. The molecule has 0 spiro atoms. The van der Waals surface area contributed by atoms with Crippen molar-refractivity contribution in [1.82, 2.24) is 10.6 Å². The van der Waals surface area contributed by atoms with Crippen molar-refractivity contribution in [3.8, 4) is 0 Å². The van der Waals surface area contributed by atoms with E-state index in [4.69, 9.17) is 0 Å². The number of hydrogen-bond donors (Lipinski definition) is 2. The normalized spacial score (nSPS) is 21.6. The molecule has 1 atom stereocenters. The molecule has 0 saturated carbocycles. The standard InChI is InChI=1S/C13H22N2S/c1-10-5-7-16-12(10)13(2,3)9-15-11-4-6-14-8-11/h5,7,11,14-15H,4,6,8-9H2,1-3H3. The summed E-state index contributed by atoms with van der Waals surface area (Å²) in [6.07, 6.45) is 1.26. The molecule has 2 rings (SSSR count). The van der Waals surface area contributed by atoms with E-state index >= 15 is 0 Å². The molecular formula is C13H22N2S. The van der Waals surface area contributed by atoms with E-state index in [9.17, 15) is 0 Å². The van der Waals surface area contributed by atoms with Crippen LogP contribution in [0.15, 0.2) is 11.4 Å². The van der Waals surface area contributed by atoms with Crippen LogP contribution in [0.25, 0.3) is 0 Å². The molecule has 2 heterocycles. The molecule has 16 heavy (non-hydrogen) atoms. The van der Waals surface area contributed by atoms with Crippen LogP contribution < -0.4 is 10.6 Å². The highest BCUT2D eigenvalue weighted by atomic mass is 32.1. The number of hydrogen-bond acceptors (Lipinski definition) is 3. The lowest BCUT2D eigenvalue weighted by Gasteiger charge is -2.27. The molecule has 1 aliphatic rings. The van der Waals surface area contributed by atoms with Crippen molar-refractivity contribution in [3.63, 3.8) is 0 Å². The van der Waals surface area contributed by atoms with Crippen LogP contribution in [0.4, 0.5) is 0 Å². The zero-order valence-electron chi connectivity index (χ0n) is 10.5. The molecule has 2 N–H and O–H groups in total. The van der Waals surface area contributed by atoms with Gasteiger partial charge in [-0.1, -0.05) is 13.8 Å². The van der Waals surface area contributed by atoms with Crippen molar-refractivity contribution in [3.05, 3.63) is 21.9 Å². The lowest BCUT2D eigenvalue weighted by molar-refractivity contribution is 0.433. The van der Waals surface area contributed by atoms with E-state index in [2.05, 4.69) is 42.9 Å². The highest BCUT2D eigenvalue weighted by molar-refractivity contribution is 7.10. The van der Waals surface area contributed by atoms with Gasteiger partial charge in [0.05, 0.1) is 0 Å². The Morgan fingerprint density at radius 3 is 2.94 bits per heavy atom. The first-order valence-corrected chi connectivity index (χ1v) is 6.96. The van der Waals surface area contributed by atoms with Gasteiger partial charge in [-0.25, -0.2) is 0 Å². The predicted molar refractivity (Wildman–Crippen MR) is 71.4 cm³/mol. The van der Waals surface area contributed by atoms with E-state index in [1.807, 2.05) is 11.3 Å². The molecule has 1 aromatic rings. The van der Waals surface area contributed by atoms with Crippen LogP contribution in [0.5, 0.6) is 0 Å². The SMILES string of the molecule is Cc1ccsc1C(C)(C)CNC1CCNC1. The minimum absolute atomic E-state index is 0.251. The van der Waals surface area contributed by atoms with Crippen LogP contribution in [0.3, 0.4) is 0 Å². The van der Waals surface area contributed by atoms with Crippen molar-refractivity contribution in [2.75, 3.05) is 19.6 Å². The lowest BCUT2D eigenvalue weighted by atomic mass is 9.89. The Labute approximate surface area is 102 Å². The number of rotatable bonds is 4. The van der Waals surface area contributed by atoms with Crippen molar-refractivity contribution in [2.45, 2.75) is 38.6 Å². The quantitative estimate of drug-likeness (QED) is 0.841. The molecule has 0 amide bonds. The van der Waals surface area contributed by atoms with Crippen LogP contribution >= 0.6 is 11.3 Å². The van der Waals surface area contributed by atoms with Gasteiger partial charge in [0.25, 0.3) is 0 Å². The summed E-state index contributed by atoms with van der Waals surface area (Å²) in [5.74, 6) is 0. The van der Waals surface area contributed by atoms with Crippen molar-refractivity contribution >= 4 is 11.3 Å². The van der Waals surface area contributed by atoms with Crippen LogP contribution in [-0.2, 0) is 5.41 Å². The Bertz CT molecular complexity index is 337. The lowest BCUT2D eigenvalue weighted by Crippen LogP contribution is -2.40. The summed E-state index contributed by atoms with van der Waals surface area (Å²) in [7, 11) is 0. The number of aryl methyl sites for hydroxylation is 1. The van der Waals surface area contributed by atoms with Gasteiger partial charge in [0, 0.05) is 29.4 Å². The topological polar surface area (TPSA) is 24.1 Å². The maximum atomic E-state index is 3.68. The van der Waals surface area contributed by atoms with E-state index in [0.717, 1.165) is 19.6 Å². The van der Waals surface area contributed by atoms with Gasteiger partial charge in [-0.2, -0.15) is 0 Å². The van der Waals surface area contributed by atoms with Gasteiger partial charge < -0.3 is 10.6 Å². The Morgan fingerprint density at radius 2 is 2.38 bits per heavy atom. The molecule has 1 unspecified atom stereocenters. The number of nitrogens with one attached hydrogen (secondary N) is 2. The molecule has 1 aliphatic heterocycles. The zero-order chi connectivity index (χ0) is 11.6. The summed E-state index contributed by atoms with van der Waals surface area (Å²) in [5.41, 5.74) is 1.68. The van der Waals surface area contributed by atoms with Crippen molar-refractivity contribution in [1.29, 1.82) is 0 Å². The first kappa shape index (κ1) is 12.1. The summed E-state index contributed by atoms with van der Waals surface area (Å²) in [6, 6.07) is 2.89. The third-order valence-electron chi connectivity index (χ3n) is 3.37. The van der Waals surface area contributed by atoms with Crippen LogP contribution in [0.2, 0.25) is 0 Å². The molecule has 1 fully saturated rings. The van der Waals surface area contributed by atoms with Gasteiger partial charge in [-0.05, 0) is 36.9 Å². The highest BCUT2D eigenvalue weighted by Gasteiger charge is 2.25. The smallest absolute Gasteiger partial charge is 0.0204 e. The van der Waals surface area contributed by atoms with Gasteiger partial charge in [-0.3, -0.25) is 0 Å². The van der Waals surface area contributed by atoms with Crippen LogP contribution in [0.1, 0.15) is 30.7 Å². The predicted octanol–water partition coefficient (Wildman–Crippen LogP) is 2.29. The fourth-order valence-corrected chi connectivity index (χ4v) is 3.43. The summed E-state index contributed by atoms with van der Waals surface area (Å²) < 4.78 is 0. The summed E-state index contributed by atoms with van der Waals surface area (Å²) in [6.45, 7) is 10.2. The average Bonchev–Trinajstić information content (AvgIpc) is 2.85. The molecular weight excluding hydrogens is 216 g/mol. The fraction of sp³-hybridized carbons (Fsp3) is 0.692. The first-order valence-electron chi connectivity index (χ1n) is 6.08. The molecule has 90 valence electrons. The largest absolute Gasteiger partial charge is 0.315 e. The summed E-state index contributed by atoms with van der Waals surface area (Å²) >= 11 is 1.88. The van der Waals surface area contributed by atoms with Crippen molar-refractivity contribution < 1.29 is 0 Å². The minimum atomic E-state index is 0.251. The van der Waals surface area contributed by atoms with E-state index in [1.54, 1.807) is 0 Å². The molecule has 1 saturated heterocycles. The van der Waals surface area contributed by atoms with Gasteiger partial charge in [0.15, 0.2) is 0 Å². The highest BCUT2D eigenvalue weighted by Crippen LogP contribution is 2.30. The van der Waals surface area contributed by atoms with E-state index in [-0.39, 0.29) is 5.41 Å². The van der Waals surface area contributed by atoms with E-state index < -0.39 is 0 Å². The molecule has 0 aromatic carbocycles. The fourth-order valence-electron chi connectivity index (χ4n) is 2.37. The Balaban J connectivity index is 1.94. The number of thiophene rings is 1. The minimum Gasteiger partial charge on any atom is -0.315 e. The van der Waals surface area contributed by atoms with Gasteiger partial charge >= 0.3 is 0 Å². The summed E-state index contributed by atoms with van der Waals surface area (Å²) in [5, 5.41) is 9.27. The van der Waals surface area contributed by atoms with Gasteiger partial charge in [0.1, 0.15) is 0 Å². The maximum absolute atomic E-state index is 3.68. The second-order valence-corrected chi connectivity index (χ2v) is 6.30. The molecule has 2 nitrogen and oxygen atoms in total. The van der Waals surface area contributed by atoms with E-state index in [0.29, 0.717) is 6.04 Å². The molecule has 0 aliphatic carbocycles. The van der Waals surface area contributed by atoms with Gasteiger partial charge in [0.2, 0.25) is 0 Å².